The second-order valence-corrected chi connectivity index (χ2v) is 6.15. The lowest BCUT2D eigenvalue weighted by Crippen LogP contribution is -2.55. The van der Waals surface area contributed by atoms with Gasteiger partial charge < -0.3 is 15.0 Å². The number of carboxylic acids is 1. The molecule has 1 heterocycles. The fourth-order valence-electron chi connectivity index (χ4n) is 2.76. The second kappa shape index (κ2) is 5.99. The summed E-state index contributed by atoms with van der Waals surface area (Å²) < 4.78 is 2.62. The number of carbonyl (C=O) groups excluding carboxylic acids is 1. The molecule has 1 amide bonds. The van der Waals surface area contributed by atoms with Gasteiger partial charge in [0.1, 0.15) is 11.2 Å². The van der Waals surface area contributed by atoms with Crippen molar-refractivity contribution in [2.75, 3.05) is 0 Å². The molecule has 0 aliphatic heterocycles. The number of aromatic nitrogens is 1. The van der Waals surface area contributed by atoms with Crippen molar-refractivity contribution in [1.82, 2.24) is 9.88 Å². The number of aliphatic carboxylic acids is 1. The molecule has 0 atom stereocenters. The van der Waals surface area contributed by atoms with Crippen LogP contribution in [0.25, 0.3) is 0 Å². The Morgan fingerprint density at radius 2 is 2.05 bits per heavy atom. The van der Waals surface area contributed by atoms with Crippen LogP contribution < -0.4 is 5.32 Å². The summed E-state index contributed by atoms with van der Waals surface area (Å²) in [6.45, 7) is 2.60. The van der Waals surface area contributed by atoms with Crippen LogP contribution >= 0.6 is 15.9 Å². The summed E-state index contributed by atoms with van der Waals surface area (Å²) in [5.41, 5.74) is -0.615. The van der Waals surface area contributed by atoms with Crippen LogP contribution in [0.1, 0.15) is 49.5 Å². The van der Waals surface area contributed by atoms with E-state index in [9.17, 15) is 14.7 Å². The highest BCUT2D eigenvalue weighted by molar-refractivity contribution is 9.10. The van der Waals surface area contributed by atoms with Gasteiger partial charge in [-0.3, -0.25) is 4.79 Å². The van der Waals surface area contributed by atoms with E-state index in [0.717, 1.165) is 23.7 Å². The van der Waals surface area contributed by atoms with Crippen LogP contribution in [-0.4, -0.2) is 27.1 Å². The van der Waals surface area contributed by atoms with Crippen LogP contribution in [0.4, 0.5) is 0 Å². The zero-order valence-corrected chi connectivity index (χ0v) is 13.1. The predicted molar refractivity (Wildman–Crippen MR) is 78.7 cm³/mol. The normalized spacial score (nSPS) is 17.7. The topological polar surface area (TPSA) is 71.3 Å². The molecule has 20 heavy (non-hydrogen) atoms. The zero-order chi connectivity index (χ0) is 14.8. The van der Waals surface area contributed by atoms with E-state index in [1.54, 1.807) is 10.6 Å². The maximum atomic E-state index is 12.4. The van der Waals surface area contributed by atoms with E-state index < -0.39 is 11.5 Å². The molecule has 1 aliphatic carbocycles. The molecule has 1 aliphatic rings. The van der Waals surface area contributed by atoms with Gasteiger partial charge in [-0.15, -0.1) is 0 Å². The summed E-state index contributed by atoms with van der Waals surface area (Å²) in [6.07, 6.45) is 5.53. The van der Waals surface area contributed by atoms with E-state index in [0.29, 0.717) is 25.1 Å². The molecule has 1 aromatic heterocycles. The van der Waals surface area contributed by atoms with E-state index in [1.807, 2.05) is 13.1 Å². The lowest BCUT2D eigenvalue weighted by Gasteiger charge is -2.34. The molecule has 2 rings (SSSR count). The number of halogens is 1. The highest BCUT2D eigenvalue weighted by Crippen LogP contribution is 2.29. The largest absolute Gasteiger partial charge is 0.480 e. The first-order valence-corrected chi connectivity index (χ1v) is 7.69. The number of hydrogen-bond donors (Lipinski definition) is 2. The molecule has 1 aromatic rings. The highest BCUT2D eigenvalue weighted by Gasteiger charge is 2.41. The van der Waals surface area contributed by atoms with Gasteiger partial charge in [0.2, 0.25) is 0 Å². The maximum Gasteiger partial charge on any atom is 0.329 e. The summed E-state index contributed by atoms with van der Waals surface area (Å²) in [5.74, 6) is -1.25. The Bertz CT molecular complexity index is 518. The molecule has 6 heteroatoms. The van der Waals surface area contributed by atoms with Crippen molar-refractivity contribution in [3.8, 4) is 0 Å². The van der Waals surface area contributed by atoms with Gasteiger partial charge in [-0.2, -0.15) is 0 Å². The Morgan fingerprint density at radius 1 is 1.40 bits per heavy atom. The maximum absolute atomic E-state index is 12.4. The first-order valence-electron chi connectivity index (χ1n) is 6.90. The Balaban J connectivity index is 2.22. The molecule has 2 N–H and O–H groups in total. The van der Waals surface area contributed by atoms with E-state index in [4.69, 9.17) is 0 Å². The van der Waals surface area contributed by atoms with Crippen LogP contribution in [0, 0.1) is 0 Å². The zero-order valence-electron chi connectivity index (χ0n) is 11.5. The van der Waals surface area contributed by atoms with Gasteiger partial charge in [-0.25, -0.2) is 4.79 Å². The number of amides is 1. The molecule has 110 valence electrons. The van der Waals surface area contributed by atoms with Crippen molar-refractivity contribution in [1.29, 1.82) is 0 Å². The third-order valence-corrected chi connectivity index (χ3v) is 4.34. The quantitative estimate of drug-likeness (QED) is 0.883. The molecule has 0 unspecified atom stereocenters. The minimum atomic E-state index is -1.11. The average molecular weight is 343 g/mol. The molecule has 0 saturated heterocycles. The second-order valence-electron chi connectivity index (χ2n) is 5.23. The van der Waals surface area contributed by atoms with Crippen LogP contribution in [0.5, 0.6) is 0 Å². The van der Waals surface area contributed by atoms with E-state index in [-0.39, 0.29) is 5.91 Å². The van der Waals surface area contributed by atoms with Gasteiger partial charge in [0.05, 0.1) is 0 Å². The molecule has 0 radical (unpaired) electrons. The predicted octanol–water partition coefficient (Wildman–Crippen LogP) is 2.79. The Morgan fingerprint density at radius 3 is 2.60 bits per heavy atom. The van der Waals surface area contributed by atoms with Gasteiger partial charge in [-0.05, 0) is 41.8 Å². The van der Waals surface area contributed by atoms with Crippen molar-refractivity contribution in [2.45, 2.75) is 51.1 Å². The molecule has 5 nitrogen and oxygen atoms in total. The fraction of sp³-hybridized carbons (Fsp3) is 0.571. The van der Waals surface area contributed by atoms with Gasteiger partial charge in [0, 0.05) is 17.2 Å². The smallest absolute Gasteiger partial charge is 0.329 e. The number of carboxylic acid groups (broad SMARTS) is 1. The molecule has 0 bridgehead atoms. The minimum absolute atomic E-state index is 0.318. The number of rotatable bonds is 4. The van der Waals surface area contributed by atoms with Gasteiger partial charge in [0.25, 0.3) is 5.91 Å². The average Bonchev–Trinajstić information content (AvgIpc) is 2.81. The Hall–Kier alpha value is -1.30. The first-order chi connectivity index (χ1) is 9.48. The number of nitrogens with one attached hydrogen (secondary N) is 1. The first kappa shape index (κ1) is 15.1. The van der Waals surface area contributed by atoms with Crippen molar-refractivity contribution in [2.24, 2.45) is 0 Å². The lowest BCUT2D eigenvalue weighted by atomic mass is 9.81. The summed E-state index contributed by atoms with van der Waals surface area (Å²) in [5, 5.41) is 12.2. The van der Waals surface area contributed by atoms with Crippen LogP contribution in [0.3, 0.4) is 0 Å². The molecule has 0 aromatic carbocycles. The van der Waals surface area contributed by atoms with Gasteiger partial charge in [-0.1, -0.05) is 19.3 Å². The third kappa shape index (κ3) is 2.90. The highest BCUT2D eigenvalue weighted by atomic mass is 79.9. The molecule has 0 spiro atoms. The van der Waals surface area contributed by atoms with Gasteiger partial charge >= 0.3 is 5.97 Å². The summed E-state index contributed by atoms with van der Waals surface area (Å²) in [4.78, 5) is 24.0. The standard InChI is InChI=1S/C14H19BrN2O3/c1-2-17-9-10(15)8-11(17)12(18)16-14(13(19)20)6-4-3-5-7-14/h8-9H,2-7H2,1H3,(H,16,18)(H,19,20). The number of aryl methyl sites for hydroxylation is 1. The number of carbonyl (C=O) groups is 2. The van der Waals surface area contributed by atoms with Gasteiger partial charge in [0.15, 0.2) is 0 Å². The molecular weight excluding hydrogens is 324 g/mol. The van der Waals surface area contributed by atoms with Crippen molar-refractivity contribution >= 4 is 27.8 Å². The Kier molecular flexibility index (Phi) is 4.52. The van der Waals surface area contributed by atoms with Crippen molar-refractivity contribution in [3.63, 3.8) is 0 Å². The summed E-state index contributed by atoms with van der Waals surface area (Å²) in [6, 6.07) is 1.72. The molecule has 1 saturated carbocycles. The van der Waals surface area contributed by atoms with E-state index in [2.05, 4.69) is 21.2 Å². The monoisotopic (exact) mass is 342 g/mol. The summed E-state index contributed by atoms with van der Waals surface area (Å²) >= 11 is 3.34. The lowest BCUT2D eigenvalue weighted by molar-refractivity contribution is -0.145. The van der Waals surface area contributed by atoms with E-state index >= 15 is 0 Å². The fourth-order valence-corrected chi connectivity index (χ4v) is 3.22. The number of hydrogen-bond acceptors (Lipinski definition) is 2. The SMILES string of the molecule is CCn1cc(Br)cc1C(=O)NC1(C(=O)O)CCCCC1. The summed E-state index contributed by atoms with van der Waals surface area (Å²) in [7, 11) is 0. The molecule has 1 fully saturated rings. The van der Waals surface area contributed by atoms with Crippen molar-refractivity contribution in [3.05, 3.63) is 22.4 Å². The third-order valence-electron chi connectivity index (χ3n) is 3.91. The van der Waals surface area contributed by atoms with Crippen LogP contribution in [0.2, 0.25) is 0 Å². The molecular formula is C14H19BrN2O3. The Labute approximate surface area is 126 Å². The number of nitrogens with zero attached hydrogens (tertiary/aromatic N) is 1. The minimum Gasteiger partial charge on any atom is -0.480 e. The van der Waals surface area contributed by atoms with Crippen LogP contribution in [0.15, 0.2) is 16.7 Å². The van der Waals surface area contributed by atoms with E-state index in [1.165, 1.54) is 0 Å². The van der Waals surface area contributed by atoms with Crippen molar-refractivity contribution < 1.29 is 14.7 Å². The van der Waals surface area contributed by atoms with Crippen LogP contribution in [-0.2, 0) is 11.3 Å².